The lowest BCUT2D eigenvalue weighted by Gasteiger charge is -2.37. The number of carbonyl (C=O) groups is 1. The third-order valence-corrected chi connectivity index (χ3v) is 7.20. The van der Waals surface area contributed by atoms with Crippen molar-refractivity contribution in [2.45, 2.75) is 56.9 Å². The molecule has 1 atom stereocenters. The van der Waals surface area contributed by atoms with E-state index in [2.05, 4.69) is 43.9 Å². The molecule has 5 rings (SSSR count). The zero-order valence-corrected chi connectivity index (χ0v) is 19.4. The van der Waals surface area contributed by atoms with Crippen molar-refractivity contribution in [2.24, 2.45) is 13.0 Å². The van der Waals surface area contributed by atoms with E-state index in [1.165, 1.54) is 16.1 Å². The Bertz CT molecular complexity index is 1320. The number of rotatable bonds is 4. The molecule has 174 valence electrons. The van der Waals surface area contributed by atoms with E-state index < -0.39 is 5.54 Å². The quantitative estimate of drug-likeness (QED) is 0.736. The Hall–Kier alpha value is -3.73. The van der Waals surface area contributed by atoms with Crippen LogP contribution in [0, 0.1) is 17.2 Å². The second-order valence-corrected chi connectivity index (χ2v) is 9.35. The fraction of sp³-hybridized carbons (Fsp3) is 0.423. The summed E-state index contributed by atoms with van der Waals surface area (Å²) in [5.74, 6) is 0.499. The summed E-state index contributed by atoms with van der Waals surface area (Å²) in [7, 11) is 1.98. The highest BCUT2D eigenvalue weighted by Crippen LogP contribution is 2.36. The van der Waals surface area contributed by atoms with Crippen LogP contribution in [0.25, 0.3) is 12.2 Å². The van der Waals surface area contributed by atoms with E-state index in [4.69, 9.17) is 0 Å². The molecule has 0 saturated heterocycles. The van der Waals surface area contributed by atoms with Gasteiger partial charge in [-0.25, -0.2) is 14.8 Å². The number of hydrogen-bond donors (Lipinski definition) is 2. The molecular formula is C26H29N7O. The van der Waals surface area contributed by atoms with Crippen molar-refractivity contribution in [3.8, 4) is 6.07 Å². The van der Waals surface area contributed by atoms with Gasteiger partial charge in [0.05, 0.1) is 22.8 Å². The minimum Gasteiger partial charge on any atom is -0.327 e. The Labute approximate surface area is 198 Å². The minimum atomic E-state index is -0.569. The van der Waals surface area contributed by atoms with Gasteiger partial charge in [-0.15, -0.1) is 0 Å². The lowest BCUT2D eigenvalue weighted by Crippen LogP contribution is -2.51. The minimum absolute atomic E-state index is 0.132. The SMILES string of the molecule is Cn1ncc2c1=CC(C1=CC=C(NC(=O)NC3(c4ccnc(C#N)n4)CCCCC3)CC1)CC=2. The fourth-order valence-electron chi connectivity index (χ4n) is 5.34. The first-order chi connectivity index (χ1) is 16.6. The Balaban J connectivity index is 1.29. The van der Waals surface area contributed by atoms with Crippen LogP contribution in [0.2, 0.25) is 0 Å². The van der Waals surface area contributed by atoms with E-state index in [9.17, 15) is 10.1 Å². The number of aromatic nitrogens is 4. The summed E-state index contributed by atoms with van der Waals surface area (Å²) in [5, 5.41) is 22.2. The van der Waals surface area contributed by atoms with Gasteiger partial charge in [-0.2, -0.15) is 10.4 Å². The van der Waals surface area contributed by atoms with Gasteiger partial charge in [0, 0.05) is 30.1 Å². The molecule has 0 aromatic carbocycles. The zero-order chi connectivity index (χ0) is 23.5. The molecule has 34 heavy (non-hydrogen) atoms. The first kappa shape index (κ1) is 22.1. The maximum atomic E-state index is 13.0. The molecule has 0 radical (unpaired) electrons. The number of allylic oxidation sites excluding steroid dienone is 4. The zero-order valence-electron chi connectivity index (χ0n) is 19.4. The molecule has 2 amide bonds. The second kappa shape index (κ2) is 9.26. The highest BCUT2D eigenvalue weighted by molar-refractivity contribution is 5.77. The van der Waals surface area contributed by atoms with Crippen molar-refractivity contribution in [3.05, 3.63) is 64.0 Å². The number of nitriles is 1. The van der Waals surface area contributed by atoms with Crippen molar-refractivity contribution in [1.29, 1.82) is 5.26 Å². The summed E-state index contributed by atoms with van der Waals surface area (Å²) < 4.78 is 1.92. The molecule has 3 aliphatic carbocycles. The Morgan fingerprint density at radius 2 is 2.09 bits per heavy atom. The summed E-state index contributed by atoms with van der Waals surface area (Å²) >= 11 is 0. The molecular weight excluding hydrogens is 426 g/mol. The molecule has 1 saturated carbocycles. The molecule has 1 unspecified atom stereocenters. The highest BCUT2D eigenvalue weighted by Gasteiger charge is 2.37. The molecule has 1 fully saturated rings. The average Bonchev–Trinajstić information content (AvgIpc) is 3.25. The summed E-state index contributed by atoms with van der Waals surface area (Å²) in [6, 6.07) is 3.59. The van der Waals surface area contributed by atoms with Crippen LogP contribution in [0.4, 0.5) is 4.79 Å². The van der Waals surface area contributed by atoms with E-state index >= 15 is 0 Å². The van der Waals surface area contributed by atoms with Crippen LogP contribution in [-0.2, 0) is 12.6 Å². The van der Waals surface area contributed by atoms with Crippen LogP contribution in [0.5, 0.6) is 0 Å². The second-order valence-electron chi connectivity index (χ2n) is 9.35. The average molecular weight is 456 g/mol. The Morgan fingerprint density at radius 3 is 2.85 bits per heavy atom. The van der Waals surface area contributed by atoms with Crippen LogP contribution in [0.15, 0.2) is 41.9 Å². The number of fused-ring (bicyclic) bond motifs is 1. The monoisotopic (exact) mass is 455 g/mol. The fourth-order valence-corrected chi connectivity index (χ4v) is 5.34. The lowest BCUT2D eigenvalue weighted by atomic mass is 9.79. The van der Waals surface area contributed by atoms with Gasteiger partial charge in [-0.3, -0.25) is 4.68 Å². The standard InChI is InChI=1S/C26H29N7O/c1-33-22-15-19(5-6-20(22)17-29-33)18-7-9-21(10-8-18)30-25(34)32-26(12-3-2-4-13-26)23-11-14-28-24(16-27)31-23/h6-7,9,11,14-15,17,19H,2-5,8,10,12-13H2,1H3,(H2,30,32,34). The number of nitrogens with one attached hydrogen (secondary N) is 2. The molecule has 2 aromatic heterocycles. The molecule has 2 heterocycles. The normalized spacial score (nSPS) is 21.0. The van der Waals surface area contributed by atoms with Gasteiger partial charge in [0.25, 0.3) is 0 Å². The van der Waals surface area contributed by atoms with Gasteiger partial charge < -0.3 is 10.6 Å². The van der Waals surface area contributed by atoms with Gasteiger partial charge in [-0.05, 0) is 44.2 Å². The highest BCUT2D eigenvalue weighted by atomic mass is 16.2. The van der Waals surface area contributed by atoms with Crippen LogP contribution < -0.4 is 21.2 Å². The number of urea groups is 1. The third kappa shape index (κ3) is 4.38. The predicted molar refractivity (Wildman–Crippen MR) is 128 cm³/mol. The van der Waals surface area contributed by atoms with Gasteiger partial charge in [0.1, 0.15) is 6.07 Å². The van der Waals surface area contributed by atoms with Gasteiger partial charge >= 0.3 is 6.03 Å². The molecule has 2 N–H and O–H groups in total. The summed E-state index contributed by atoms with van der Waals surface area (Å²) in [6.45, 7) is 0. The largest absolute Gasteiger partial charge is 0.327 e. The maximum absolute atomic E-state index is 13.0. The number of hydrogen-bond acceptors (Lipinski definition) is 5. The van der Waals surface area contributed by atoms with Crippen LogP contribution in [-0.4, -0.2) is 25.8 Å². The van der Waals surface area contributed by atoms with Crippen molar-refractivity contribution in [2.75, 3.05) is 0 Å². The van der Waals surface area contributed by atoms with E-state index in [0.29, 0.717) is 11.6 Å². The molecule has 3 aliphatic rings. The van der Waals surface area contributed by atoms with Gasteiger partial charge in [-0.1, -0.05) is 43.1 Å². The maximum Gasteiger partial charge on any atom is 0.319 e. The molecule has 2 aromatic rings. The lowest BCUT2D eigenvalue weighted by molar-refractivity contribution is 0.201. The van der Waals surface area contributed by atoms with Crippen LogP contribution in [0.3, 0.4) is 0 Å². The van der Waals surface area contributed by atoms with E-state index in [1.807, 2.05) is 36.1 Å². The molecule has 8 nitrogen and oxygen atoms in total. The Morgan fingerprint density at radius 1 is 1.24 bits per heavy atom. The van der Waals surface area contributed by atoms with E-state index in [-0.39, 0.29) is 11.9 Å². The van der Waals surface area contributed by atoms with Gasteiger partial charge in [0.15, 0.2) is 0 Å². The van der Waals surface area contributed by atoms with Crippen molar-refractivity contribution >= 4 is 18.2 Å². The number of nitrogens with zero attached hydrogens (tertiary/aromatic N) is 5. The van der Waals surface area contributed by atoms with Crippen molar-refractivity contribution in [3.63, 3.8) is 0 Å². The van der Waals surface area contributed by atoms with Crippen molar-refractivity contribution < 1.29 is 4.79 Å². The smallest absolute Gasteiger partial charge is 0.319 e. The Kier molecular flexibility index (Phi) is 6.01. The summed E-state index contributed by atoms with van der Waals surface area (Å²) in [6.07, 6.45) is 19.7. The number of carbonyl (C=O) groups excluding carboxylic acids is 1. The number of amides is 2. The van der Waals surface area contributed by atoms with E-state index in [1.54, 1.807) is 6.20 Å². The summed E-state index contributed by atoms with van der Waals surface area (Å²) in [5.41, 5.74) is 2.43. The van der Waals surface area contributed by atoms with E-state index in [0.717, 1.165) is 57.1 Å². The molecule has 0 aliphatic heterocycles. The summed E-state index contributed by atoms with van der Waals surface area (Å²) in [4.78, 5) is 21.4. The predicted octanol–water partition coefficient (Wildman–Crippen LogP) is 2.43. The topological polar surface area (TPSA) is 109 Å². The van der Waals surface area contributed by atoms with Crippen molar-refractivity contribution in [1.82, 2.24) is 30.4 Å². The van der Waals surface area contributed by atoms with Gasteiger partial charge in [0.2, 0.25) is 5.82 Å². The molecule has 0 spiro atoms. The first-order valence-corrected chi connectivity index (χ1v) is 12.0. The molecule has 8 heteroatoms. The number of aryl methyl sites for hydroxylation is 1. The first-order valence-electron chi connectivity index (χ1n) is 12.0. The third-order valence-electron chi connectivity index (χ3n) is 7.20. The molecule has 0 bridgehead atoms. The van der Waals surface area contributed by atoms with Crippen LogP contribution in [0.1, 0.15) is 62.9 Å². The van der Waals surface area contributed by atoms with Crippen LogP contribution >= 0.6 is 0 Å².